The first-order valence-corrected chi connectivity index (χ1v) is 6.35. The number of nitrogens with zero attached hydrogens (tertiary/aromatic N) is 3. The van der Waals surface area contributed by atoms with Crippen molar-refractivity contribution in [2.75, 3.05) is 27.2 Å². The maximum absolute atomic E-state index is 12.5. The molecule has 5 nitrogen and oxygen atoms in total. The van der Waals surface area contributed by atoms with E-state index >= 15 is 0 Å². The molecule has 0 aliphatic heterocycles. The predicted octanol–water partition coefficient (Wildman–Crippen LogP) is 1.44. The van der Waals surface area contributed by atoms with Gasteiger partial charge < -0.3 is 9.80 Å². The number of rotatable bonds is 5. The van der Waals surface area contributed by atoms with Gasteiger partial charge in [-0.25, -0.2) is 0 Å². The summed E-state index contributed by atoms with van der Waals surface area (Å²) in [7, 11) is 4.03. The number of H-pyrrole nitrogens is 1. The second kappa shape index (κ2) is 6.00. The number of aromatic nitrogens is 2. The average molecular weight is 252 g/mol. The van der Waals surface area contributed by atoms with Crippen molar-refractivity contribution in [3.8, 4) is 0 Å². The second-order valence-corrected chi connectivity index (χ2v) is 5.01. The lowest BCUT2D eigenvalue weighted by Crippen LogP contribution is -2.44. The summed E-state index contributed by atoms with van der Waals surface area (Å²) >= 11 is 0. The average Bonchev–Trinajstić information content (AvgIpc) is 2.58. The van der Waals surface area contributed by atoms with Crippen LogP contribution in [0.15, 0.2) is 0 Å². The molecule has 0 bridgehead atoms. The second-order valence-electron chi connectivity index (χ2n) is 5.01. The number of hydrogen-bond donors (Lipinski definition) is 1. The lowest BCUT2D eigenvalue weighted by atomic mass is 10.1. The van der Waals surface area contributed by atoms with Gasteiger partial charge in [0.2, 0.25) is 0 Å². The standard InChI is InChI=1S/C13H24N4O/c1-7-17(9(2)8-16(5)6)13(18)12-10(3)14-15-11(12)4/h9H,7-8H2,1-6H3,(H,14,15). The zero-order chi connectivity index (χ0) is 13.9. The largest absolute Gasteiger partial charge is 0.335 e. The first-order chi connectivity index (χ1) is 8.38. The fourth-order valence-corrected chi connectivity index (χ4v) is 2.29. The van der Waals surface area contributed by atoms with Gasteiger partial charge in [0.15, 0.2) is 0 Å². The van der Waals surface area contributed by atoms with Crippen LogP contribution in [0.25, 0.3) is 0 Å². The lowest BCUT2D eigenvalue weighted by Gasteiger charge is -2.30. The molecule has 102 valence electrons. The lowest BCUT2D eigenvalue weighted by molar-refractivity contribution is 0.0677. The minimum atomic E-state index is 0.0654. The van der Waals surface area contributed by atoms with Gasteiger partial charge in [0.1, 0.15) is 0 Å². The smallest absolute Gasteiger partial charge is 0.257 e. The highest BCUT2D eigenvalue weighted by Gasteiger charge is 2.24. The Labute approximate surface area is 109 Å². The van der Waals surface area contributed by atoms with E-state index in [2.05, 4.69) is 22.0 Å². The van der Waals surface area contributed by atoms with E-state index in [0.29, 0.717) is 12.1 Å². The highest BCUT2D eigenvalue weighted by atomic mass is 16.2. The summed E-state index contributed by atoms with van der Waals surface area (Å²) < 4.78 is 0. The molecule has 1 N–H and O–H groups in total. The molecule has 1 atom stereocenters. The summed E-state index contributed by atoms with van der Waals surface area (Å²) in [6.07, 6.45) is 0. The van der Waals surface area contributed by atoms with Crippen molar-refractivity contribution in [1.82, 2.24) is 20.0 Å². The molecule has 0 aliphatic rings. The highest BCUT2D eigenvalue weighted by Crippen LogP contribution is 2.14. The van der Waals surface area contributed by atoms with Crippen molar-refractivity contribution < 1.29 is 4.79 Å². The van der Waals surface area contributed by atoms with Crippen LogP contribution in [0.5, 0.6) is 0 Å². The molecule has 1 rings (SSSR count). The number of amides is 1. The van der Waals surface area contributed by atoms with E-state index in [1.807, 2.05) is 39.8 Å². The number of likely N-dealkylation sites (N-methyl/N-ethyl adjacent to an activating group) is 2. The van der Waals surface area contributed by atoms with E-state index in [1.165, 1.54) is 0 Å². The Hall–Kier alpha value is -1.36. The van der Waals surface area contributed by atoms with Crippen LogP contribution in [0.3, 0.4) is 0 Å². The number of aromatic amines is 1. The van der Waals surface area contributed by atoms with E-state index in [0.717, 1.165) is 17.9 Å². The molecule has 18 heavy (non-hydrogen) atoms. The van der Waals surface area contributed by atoms with Crippen molar-refractivity contribution in [3.05, 3.63) is 17.0 Å². The first kappa shape index (κ1) is 14.7. The van der Waals surface area contributed by atoms with Gasteiger partial charge in [0, 0.05) is 24.8 Å². The molecular formula is C13H24N4O. The maximum atomic E-state index is 12.5. The fraction of sp³-hybridized carbons (Fsp3) is 0.692. The molecule has 1 amide bonds. The number of carbonyl (C=O) groups is 1. The van der Waals surface area contributed by atoms with Gasteiger partial charge in [0.05, 0.1) is 11.3 Å². The molecule has 1 aromatic rings. The quantitative estimate of drug-likeness (QED) is 0.862. The number of hydrogen-bond acceptors (Lipinski definition) is 3. The monoisotopic (exact) mass is 252 g/mol. The van der Waals surface area contributed by atoms with Gasteiger partial charge >= 0.3 is 0 Å². The highest BCUT2D eigenvalue weighted by molar-refractivity contribution is 5.96. The summed E-state index contributed by atoms with van der Waals surface area (Å²) in [6.45, 7) is 9.40. The molecule has 1 aromatic heterocycles. The Morgan fingerprint density at radius 3 is 2.39 bits per heavy atom. The van der Waals surface area contributed by atoms with E-state index in [4.69, 9.17) is 0 Å². The zero-order valence-electron chi connectivity index (χ0n) is 12.2. The van der Waals surface area contributed by atoms with Gasteiger partial charge in [-0.05, 0) is 41.8 Å². The van der Waals surface area contributed by atoms with Crippen molar-refractivity contribution in [1.29, 1.82) is 0 Å². The fourth-order valence-electron chi connectivity index (χ4n) is 2.29. The topological polar surface area (TPSA) is 52.2 Å². The van der Waals surface area contributed by atoms with Crippen molar-refractivity contribution >= 4 is 5.91 Å². The summed E-state index contributed by atoms with van der Waals surface area (Å²) in [5, 5.41) is 6.96. The van der Waals surface area contributed by atoms with Gasteiger partial charge in [-0.1, -0.05) is 0 Å². The van der Waals surface area contributed by atoms with Crippen LogP contribution >= 0.6 is 0 Å². The molecule has 0 aliphatic carbocycles. The molecular weight excluding hydrogens is 228 g/mol. The van der Waals surface area contributed by atoms with E-state index < -0.39 is 0 Å². The van der Waals surface area contributed by atoms with Crippen LogP contribution in [-0.4, -0.2) is 59.1 Å². The van der Waals surface area contributed by atoms with Crippen LogP contribution in [0.2, 0.25) is 0 Å². The Bertz CT molecular complexity index is 392. The van der Waals surface area contributed by atoms with Crippen LogP contribution in [0.1, 0.15) is 35.6 Å². The molecule has 0 aromatic carbocycles. The zero-order valence-corrected chi connectivity index (χ0v) is 12.2. The van der Waals surface area contributed by atoms with Crippen LogP contribution in [0, 0.1) is 13.8 Å². The third kappa shape index (κ3) is 3.10. The van der Waals surface area contributed by atoms with E-state index in [9.17, 15) is 4.79 Å². The molecule has 0 saturated carbocycles. The molecule has 1 heterocycles. The summed E-state index contributed by atoms with van der Waals surface area (Å²) in [4.78, 5) is 16.5. The number of carbonyl (C=O) groups excluding carboxylic acids is 1. The van der Waals surface area contributed by atoms with E-state index in [1.54, 1.807) is 0 Å². The minimum absolute atomic E-state index is 0.0654. The van der Waals surface area contributed by atoms with Crippen molar-refractivity contribution in [3.63, 3.8) is 0 Å². The molecule has 5 heteroatoms. The molecule has 0 spiro atoms. The minimum Gasteiger partial charge on any atom is -0.335 e. The number of nitrogens with one attached hydrogen (secondary N) is 1. The van der Waals surface area contributed by atoms with Gasteiger partial charge in [-0.15, -0.1) is 0 Å². The third-order valence-corrected chi connectivity index (χ3v) is 3.10. The normalized spacial score (nSPS) is 12.8. The van der Waals surface area contributed by atoms with Crippen molar-refractivity contribution in [2.45, 2.75) is 33.7 Å². The molecule has 0 saturated heterocycles. The summed E-state index contributed by atoms with van der Waals surface area (Å²) in [6, 6.07) is 0.186. The summed E-state index contributed by atoms with van der Waals surface area (Å²) in [5.74, 6) is 0.0654. The first-order valence-electron chi connectivity index (χ1n) is 6.35. The Morgan fingerprint density at radius 2 is 2.00 bits per heavy atom. The molecule has 0 radical (unpaired) electrons. The van der Waals surface area contributed by atoms with Crippen molar-refractivity contribution in [2.24, 2.45) is 0 Å². The molecule has 1 unspecified atom stereocenters. The van der Waals surface area contributed by atoms with Crippen LogP contribution < -0.4 is 0 Å². The Kier molecular flexibility index (Phi) is 4.90. The predicted molar refractivity (Wildman–Crippen MR) is 72.8 cm³/mol. The summed E-state index contributed by atoms with van der Waals surface area (Å²) in [5.41, 5.74) is 2.32. The van der Waals surface area contributed by atoms with Gasteiger partial charge in [0.25, 0.3) is 5.91 Å². The van der Waals surface area contributed by atoms with E-state index in [-0.39, 0.29) is 11.9 Å². The van der Waals surface area contributed by atoms with Crippen LogP contribution in [-0.2, 0) is 0 Å². The Balaban J connectivity index is 2.92. The maximum Gasteiger partial charge on any atom is 0.257 e. The molecule has 0 fully saturated rings. The number of aryl methyl sites for hydroxylation is 2. The Morgan fingerprint density at radius 1 is 1.39 bits per heavy atom. The SMILES string of the molecule is CCN(C(=O)c1c(C)n[nH]c1C)C(C)CN(C)C. The third-order valence-electron chi connectivity index (χ3n) is 3.10. The van der Waals surface area contributed by atoms with Gasteiger partial charge in [-0.2, -0.15) is 5.10 Å². The van der Waals surface area contributed by atoms with Crippen LogP contribution in [0.4, 0.5) is 0 Å². The van der Waals surface area contributed by atoms with Gasteiger partial charge in [-0.3, -0.25) is 9.89 Å².